The first-order chi connectivity index (χ1) is 4.74. The van der Waals surface area contributed by atoms with Crippen LogP contribution in [0.3, 0.4) is 0 Å². The second-order valence-electron chi connectivity index (χ2n) is 2.97. The summed E-state index contributed by atoms with van der Waals surface area (Å²) in [7, 11) is 0. The average Bonchev–Trinajstić information content (AvgIpc) is 2.34. The van der Waals surface area contributed by atoms with Gasteiger partial charge in [-0.2, -0.15) is 0 Å². The maximum atomic E-state index is 3.99. The van der Waals surface area contributed by atoms with Crippen LogP contribution in [0.25, 0.3) is 0 Å². The molecule has 0 amide bonds. The normalized spacial score (nSPS) is 32.6. The molecule has 1 rings (SSSR count). The summed E-state index contributed by atoms with van der Waals surface area (Å²) in [6.07, 6.45) is 3.35. The zero-order valence-electron chi connectivity index (χ0n) is 6.68. The minimum absolute atomic E-state index is 0.574. The molecule has 1 saturated heterocycles. The van der Waals surface area contributed by atoms with Crippen LogP contribution in [-0.2, 0) is 0 Å². The van der Waals surface area contributed by atoms with Gasteiger partial charge in [0.15, 0.2) is 0 Å². The van der Waals surface area contributed by atoms with E-state index in [1.807, 2.05) is 0 Å². The van der Waals surface area contributed by atoms with E-state index in [2.05, 4.69) is 25.1 Å². The third kappa shape index (κ3) is 1.77. The molecule has 0 aromatic heterocycles. The standard InChI is InChI=1S/C8H15NS/c1-6-4-8(9-5-6)7(2)10-3/h6,8-9H,2,4-5H2,1,3H3. The predicted octanol–water partition coefficient (Wildman–Crippen LogP) is 1.86. The van der Waals surface area contributed by atoms with Gasteiger partial charge in [0.25, 0.3) is 0 Å². The minimum Gasteiger partial charge on any atom is -0.309 e. The van der Waals surface area contributed by atoms with E-state index in [0.29, 0.717) is 6.04 Å². The van der Waals surface area contributed by atoms with Gasteiger partial charge < -0.3 is 5.32 Å². The van der Waals surface area contributed by atoms with Crippen molar-refractivity contribution in [1.29, 1.82) is 0 Å². The van der Waals surface area contributed by atoms with Gasteiger partial charge in [-0.25, -0.2) is 0 Å². The Morgan fingerprint density at radius 2 is 2.40 bits per heavy atom. The molecule has 2 unspecified atom stereocenters. The molecule has 10 heavy (non-hydrogen) atoms. The summed E-state index contributed by atoms with van der Waals surface area (Å²) in [5, 5.41) is 3.44. The van der Waals surface area contributed by atoms with Crippen molar-refractivity contribution in [2.45, 2.75) is 19.4 Å². The van der Waals surface area contributed by atoms with Crippen LogP contribution >= 0.6 is 11.8 Å². The molecule has 0 bridgehead atoms. The van der Waals surface area contributed by atoms with E-state index in [0.717, 1.165) is 12.5 Å². The number of nitrogens with one attached hydrogen (secondary N) is 1. The zero-order chi connectivity index (χ0) is 7.56. The molecule has 0 aromatic carbocycles. The summed E-state index contributed by atoms with van der Waals surface area (Å²) in [5.74, 6) is 0.828. The van der Waals surface area contributed by atoms with Crippen molar-refractivity contribution >= 4 is 11.8 Å². The van der Waals surface area contributed by atoms with Crippen LogP contribution in [0.5, 0.6) is 0 Å². The van der Waals surface area contributed by atoms with E-state index in [9.17, 15) is 0 Å². The fraction of sp³-hybridized carbons (Fsp3) is 0.750. The van der Waals surface area contributed by atoms with Crippen LogP contribution in [0.4, 0.5) is 0 Å². The molecular weight excluding hydrogens is 142 g/mol. The first-order valence-corrected chi connectivity index (χ1v) is 4.92. The third-order valence-corrected chi connectivity index (χ3v) is 2.81. The monoisotopic (exact) mass is 157 g/mol. The lowest BCUT2D eigenvalue weighted by molar-refractivity contribution is 0.640. The molecule has 0 spiro atoms. The molecule has 1 N–H and O–H groups in total. The first-order valence-electron chi connectivity index (χ1n) is 3.70. The zero-order valence-corrected chi connectivity index (χ0v) is 7.50. The molecule has 2 atom stereocenters. The molecule has 1 heterocycles. The Labute approximate surface area is 67.3 Å². The number of hydrogen-bond acceptors (Lipinski definition) is 2. The third-order valence-electron chi connectivity index (χ3n) is 2.00. The summed E-state index contributed by atoms with van der Waals surface area (Å²) in [5.41, 5.74) is 0. The highest BCUT2D eigenvalue weighted by atomic mass is 32.2. The lowest BCUT2D eigenvalue weighted by Gasteiger charge is -2.10. The highest BCUT2D eigenvalue weighted by Crippen LogP contribution is 2.23. The van der Waals surface area contributed by atoms with Gasteiger partial charge in [0, 0.05) is 6.04 Å². The van der Waals surface area contributed by atoms with Gasteiger partial charge in [-0.3, -0.25) is 0 Å². The van der Waals surface area contributed by atoms with Crippen LogP contribution in [0.2, 0.25) is 0 Å². The largest absolute Gasteiger partial charge is 0.309 e. The topological polar surface area (TPSA) is 12.0 Å². The second kappa shape index (κ2) is 3.44. The molecular formula is C8H15NS. The van der Waals surface area contributed by atoms with E-state index in [4.69, 9.17) is 0 Å². The van der Waals surface area contributed by atoms with E-state index in [1.54, 1.807) is 11.8 Å². The summed E-state index contributed by atoms with van der Waals surface area (Å²) >= 11 is 1.77. The van der Waals surface area contributed by atoms with Crippen LogP contribution in [0.15, 0.2) is 11.5 Å². The fourth-order valence-corrected chi connectivity index (χ4v) is 1.76. The van der Waals surface area contributed by atoms with Gasteiger partial charge in [-0.15, -0.1) is 11.8 Å². The van der Waals surface area contributed by atoms with Crippen LogP contribution in [-0.4, -0.2) is 18.8 Å². The maximum Gasteiger partial charge on any atom is 0.0377 e. The molecule has 1 fully saturated rings. The Bertz CT molecular complexity index is 133. The van der Waals surface area contributed by atoms with Crippen molar-refractivity contribution in [3.8, 4) is 0 Å². The van der Waals surface area contributed by atoms with Gasteiger partial charge in [-0.05, 0) is 30.0 Å². The van der Waals surface area contributed by atoms with Crippen molar-refractivity contribution in [1.82, 2.24) is 5.32 Å². The second-order valence-corrected chi connectivity index (χ2v) is 3.90. The highest BCUT2D eigenvalue weighted by Gasteiger charge is 2.21. The van der Waals surface area contributed by atoms with Gasteiger partial charge in [0.1, 0.15) is 0 Å². The molecule has 1 aliphatic heterocycles. The SMILES string of the molecule is C=C(SC)C1CC(C)CN1. The molecule has 1 aliphatic rings. The minimum atomic E-state index is 0.574. The fourth-order valence-electron chi connectivity index (χ4n) is 1.30. The molecule has 2 heteroatoms. The Balaban J connectivity index is 2.37. The highest BCUT2D eigenvalue weighted by molar-refractivity contribution is 8.02. The molecule has 0 saturated carbocycles. The van der Waals surface area contributed by atoms with E-state index in [-0.39, 0.29) is 0 Å². The molecule has 58 valence electrons. The molecule has 1 nitrogen and oxygen atoms in total. The maximum absolute atomic E-state index is 3.99. The van der Waals surface area contributed by atoms with Crippen LogP contribution in [0.1, 0.15) is 13.3 Å². The van der Waals surface area contributed by atoms with Crippen molar-refractivity contribution in [3.05, 3.63) is 11.5 Å². The summed E-state index contributed by atoms with van der Waals surface area (Å²) in [6.45, 7) is 7.43. The van der Waals surface area contributed by atoms with E-state index >= 15 is 0 Å². The summed E-state index contributed by atoms with van der Waals surface area (Å²) < 4.78 is 0. The number of hydrogen-bond donors (Lipinski definition) is 1. The molecule has 0 radical (unpaired) electrons. The van der Waals surface area contributed by atoms with Crippen molar-refractivity contribution in [2.24, 2.45) is 5.92 Å². The van der Waals surface area contributed by atoms with Crippen molar-refractivity contribution in [2.75, 3.05) is 12.8 Å². The number of rotatable bonds is 2. The van der Waals surface area contributed by atoms with Crippen LogP contribution in [0, 0.1) is 5.92 Å². The molecule has 0 aliphatic carbocycles. The van der Waals surface area contributed by atoms with Crippen LogP contribution < -0.4 is 5.32 Å². The first kappa shape index (κ1) is 8.15. The number of thioether (sulfide) groups is 1. The lowest BCUT2D eigenvalue weighted by atomic mass is 10.1. The Kier molecular flexibility index (Phi) is 2.81. The quantitative estimate of drug-likeness (QED) is 0.656. The van der Waals surface area contributed by atoms with Gasteiger partial charge in [-0.1, -0.05) is 13.5 Å². The van der Waals surface area contributed by atoms with Gasteiger partial charge >= 0.3 is 0 Å². The average molecular weight is 157 g/mol. The predicted molar refractivity (Wildman–Crippen MR) is 48.2 cm³/mol. The van der Waals surface area contributed by atoms with Gasteiger partial charge in [0.2, 0.25) is 0 Å². The summed E-state index contributed by atoms with van der Waals surface area (Å²) in [6, 6.07) is 0.574. The Morgan fingerprint density at radius 3 is 2.80 bits per heavy atom. The summed E-state index contributed by atoms with van der Waals surface area (Å²) in [4.78, 5) is 1.28. The van der Waals surface area contributed by atoms with E-state index in [1.165, 1.54) is 11.3 Å². The van der Waals surface area contributed by atoms with Crippen molar-refractivity contribution in [3.63, 3.8) is 0 Å². The molecule has 0 aromatic rings. The van der Waals surface area contributed by atoms with Crippen molar-refractivity contribution < 1.29 is 0 Å². The van der Waals surface area contributed by atoms with Gasteiger partial charge in [0.05, 0.1) is 0 Å². The Morgan fingerprint density at radius 1 is 1.70 bits per heavy atom. The Hall–Kier alpha value is 0.0500. The van der Waals surface area contributed by atoms with E-state index < -0.39 is 0 Å². The smallest absolute Gasteiger partial charge is 0.0377 e. The lowest BCUT2D eigenvalue weighted by Crippen LogP contribution is -2.21.